The van der Waals surface area contributed by atoms with Gasteiger partial charge in [0.2, 0.25) is 0 Å². The van der Waals surface area contributed by atoms with E-state index in [1.54, 1.807) is 23.7 Å². The molecular formula is C21H18N4O3. The number of aromatic nitrogens is 4. The Morgan fingerprint density at radius 2 is 1.82 bits per heavy atom. The van der Waals surface area contributed by atoms with Crippen molar-refractivity contribution in [1.82, 2.24) is 19.4 Å². The largest absolute Gasteiger partial charge is 0.476 e. The highest BCUT2D eigenvalue weighted by Crippen LogP contribution is 2.22. The van der Waals surface area contributed by atoms with Crippen LogP contribution in [-0.4, -0.2) is 36.3 Å². The van der Waals surface area contributed by atoms with E-state index in [1.165, 1.54) is 0 Å². The molecule has 28 heavy (non-hydrogen) atoms. The van der Waals surface area contributed by atoms with E-state index >= 15 is 0 Å². The molecule has 4 aromatic rings. The third-order valence-corrected chi connectivity index (χ3v) is 4.64. The first-order chi connectivity index (χ1) is 13.4. The number of nitrogens with zero attached hydrogens (tertiary/aromatic N) is 4. The molecule has 0 fully saturated rings. The van der Waals surface area contributed by atoms with Gasteiger partial charge in [0.15, 0.2) is 11.5 Å². The van der Waals surface area contributed by atoms with Crippen LogP contribution in [0.1, 0.15) is 39.2 Å². The minimum Gasteiger partial charge on any atom is -0.476 e. The molecule has 7 nitrogen and oxygen atoms in total. The number of ketones is 1. The zero-order valence-electron chi connectivity index (χ0n) is 15.5. The normalized spacial score (nSPS) is 11.1. The van der Waals surface area contributed by atoms with Crippen LogP contribution in [0.2, 0.25) is 0 Å². The van der Waals surface area contributed by atoms with E-state index in [0.717, 1.165) is 28.2 Å². The number of aromatic carboxylic acids is 1. The van der Waals surface area contributed by atoms with Gasteiger partial charge in [0, 0.05) is 16.8 Å². The number of Topliss-reactive ketones (excluding diaryl/α,β-unsaturated/α-hetero) is 1. The van der Waals surface area contributed by atoms with E-state index in [1.807, 2.05) is 53.9 Å². The lowest BCUT2D eigenvalue weighted by Gasteiger charge is -2.07. The molecule has 0 bridgehead atoms. The number of benzene rings is 1. The van der Waals surface area contributed by atoms with Gasteiger partial charge in [-0.05, 0) is 44.2 Å². The minimum atomic E-state index is -1.05. The molecule has 7 heteroatoms. The first-order valence-electron chi connectivity index (χ1n) is 8.79. The van der Waals surface area contributed by atoms with Gasteiger partial charge < -0.3 is 5.11 Å². The Kier molecular flexibility index (Phi) is 4.27. The molecule has 1 N–H and O–H groups in total. The lowest BCUT2D eigenvalue weighted by molar-refractivity contribution is 0.0689. The van der Waals surface area contributed by atoms with Crippen molar-refractivity contribution in [3.63, 3.8) is 0 Å². The number of rotatable bonds is 5. The minimum absolute atomic E-state index is 0.00898. The number of carbonyl (C=O) groups excluding carboxylic acids is 1. The van der Waals surface area contributed by atoms with Gasteiger partial charge in [0.25, 0.3) is 0 Å². The van der Waals surface area contributed by atoms with E-state index in [2.05, 4.69) is 5.10 Å². The van der Waals surface area contributed by atoms with Gasteiger partial charge in [-0.3, -0.25) is 9.48 Å². The maximum Gasteiger partial charge on any atom is 0.356 e. The summed E-state index contributed by atoms with van der Waals surface area (Å²) in [4.78, 5) is 22.8. The standard InChI is InChI=1S/C21H18N4O3/c1-13-9-20(21(27)28)22-24(13)12-18-8-4-7-17-11-19(23-25(17)18)16-6-3-5-15(10-16)14(2)26/h3-11H,12H2,1-2H3,(H,27,28). The van der Waals surface area contributed by atoms with Crippen LogP contribution in [-0.2, 0) is 6.54 Å². The molecule has 0 saturated carbocycles. The SMILES string of the molecule is CC(=O)c1cccc(-c2cc3cccc(Cn4nc(C(=O)O)cc4C)n3n2)c1. The van der Waals surface area contributed by atoms with Gasteiger partial charge >= 0.3 is 5.97 Å². The van der Waals surface area contributed by atoms with Gasteiger partial charge in [-0.1, -0.05) is 24.3 Å². The average molecular weight is 374 g/mol. The maximum absolute atomic E-state index is 11.7. The number of hydrogen-bond donors (Lipinski definition) is 1. The van der Waals surface area contributed by atoms with Gasteiger partial charge in [-0.15, -0.1) is 0 Å². The molecule has 0 aliphatic rings. The number of fused-ring (bicyclic) bond motifs is 1. The molecule has 0 unspecified atom stereocenters. The summed E-state index contributed by atoms with van der Waals surface area (Å²) in [5.74, 6) is -1.04. The molecule has 3 aromatic heterocycles. The molecule has 0 amide bonds. The second kappa shape index (κ2) is 6.77. The van der Waals surface area contributed by atoms with E-state index in [4.69, 9.17) is 10.2 Å². The van der Waals surface area contributed by atoms with Crippen molar-refractivity contribution in [3.05, 3.63) is 77.2 Å². The molecule has 0 aliphatic carbocycles. The number of aryl methyl sites for hydroxylation is 1. The highest BCUT2D eigenvalue weighted by atomic mass is 16.4. The molecule has 0 spiro atoms. The molecule has 0 saturated heterocycles. The smallest absolute Gasteiger partial charge is 0.356 e. The summed E-state index contributed by atoms with van der Waals surface area (Å²) in [6.07, 6.45) is 0. The van der Waals surface area contributed by atoms with Crippen LogP contribution in [0.5, 0.6) is 0 Å². The second-order valence-electron chi connectivity index (χ2n) is 6.65. The topological polar surface area (TPSA) is 89.5 Å². The summed E-state index contributed by atoms with van der Waals surface area (Å²) >= 11 is 0. The van der Waals surface area contributed by atoms with Crippen molar-refractivity contribution in [2.45, 2.75) is 20.4 Å². The highest BCUT2D eigenvalue weighted by Gasteiger charge is 2.13. The lowest BCUT2D eigenvalue weighted by Crippen LogP contribution is -2.09. The van der Waals surface area contributed by atoms with Crippen molar-refractivity contribution in [2.75, 3.05) is 0 Å². The summed E-state index contributed by atoms with van der Waals surface area (Å²) in [5.41, 5.74) is 4.83. The van der Waals surface area contributed by atoms with Gasteiger partial charge in [0.05, 0.1) is 23.4 Å². The van der Waals surface area contributed by atoms with Gasteiger partial charge in [-0.25, -0.2) is 9.31 Å². The fourth-order valence-corrected chi connectivity index (χ4v) is 3.16. The van der Waals surface area contributed by atoms with Crippen LogP contribution in [0.3, 0.4) is 0 Å². The molecule has 4 rings (SSSR count). The summed E-state index contributed by atoms with van der Waals surface area (Å²) < 4.78 is 3.47. The summed E-state index contributed by atoms with van der Waals surface area (Å²) in [6, 6.07) is 16.7. The molecule has 1 aromatic carbocycles. The van der Waals surface area contributed by atoms with Crippen LogP contribution in [0, 0.1) is 6.92 Å². The van der Waals surface area contributed by atoms with Crippen molar-refractivity contribution in [3.8, 4) is 11.3 Å². The van der Waals surface area contributed by atoms with Gasteiger partial charge in [0.1, 0.15) is 0 Å². The molecule has 0 radical (unpaired) electrons. The molecule has 0 aliphatic heterocycles. The fourth-order valence-electron chi connectivity index (χ4n) is 3.16. The molecule has 3 heterocycles. The zero-order valence-corrected chi connectivity index (χ0v) is 15.5. The van der Waals surface area contributed by atoms with Gasteiger partial charge in [-0.2, -0.15) is 10.2 Å². The van der Waals surface area contributed by atoms with Crippen molar-refractivity contribution in [2.24, 2.45) is 0 Å². The Morgan fingerprint density at radius 1 is 1.04 bits per heavy atom. The first kappa shape index (κ1) is 17.7. The molecule has 140 valence electrons. The van der Waals surface area contributed by atoms with Crippen LogP contribution in [0.15, 0.2) is 54.6 Å². The van der Waals surface area contributed by atoms with E-state index in [-0.39, 0.29) is 11.5 Å². The number of hydrogen-bond acceptors (Lipinski definition) is 4. The van der Waals surface area contributed by atoms with E-state index < -0.39 is 5.97 Å². The van der Waals surface area contributed by atoms with Crippen molar-refractivity contribution < 1.29 is 14.7 Å². The molecule has 0 atom stereocenters. The molecular weight excluding hydrogens is 356 g/mol. The van der Waals surface area contributed by atoms with E-state index in [0.29, 0.717) is 12.1 Å². The third kappa shape index (κ3) is 3.18. The summed E-state index contributed by atoms with van der Waals surface area (Å²) in [6.45, 7) is 3.76. The summed E-state index contributed by atoms with van der Waals surface area (Å²) in [5, 5.41) is 18.0. The predicted molar refractivity (Wildman–Crippen MR) is 104 cm³/mol. The van der Waals surface area contributed by atoms with E-state index in [9.17, 15) is 9.59 Å². The monoisotopic (exact) mass is 374 g/mol. The highest BCUT2D eigenvalue weighted by molar-refractivity contribution is 5.95. The Balaban J connectivity index is 1.75. The predicted octanol–water partition coefficient (Wildman–Crippen LogP) is 3.46. The van der Waals surface area contributed by atoms with Crippen LogP contribution >= 0.6 is 0 Å². The van der Waals surface area contributed by atoms with Crippen LogP contribution in [0.25, 0.3) is 16.8 Å². The Labute approximate surface area is 160 Å². The number of pyridine rings is 1. The first-order valence-corrected chi connectivity index (χ1v) is 8.79. The fraction of sp³-hybridized carbons (Fsp3) is 0.143. The Bertz CT molecular complexity index is 1220. The van der Waals surface area contributed by atoms with Crippen molar-refractivity contribution in [1.29, 1.82) is 0 Å². The average Bonchev–Trinajstić information content (AvgIpc) is 3.27. The lowest BCUT2D eigenvalue weighted by atomic mass is 10.1. The quantitative estimate of drug-likeness (QED) is 0.541. The summed E-state index contributed by atoms with van der Waals surface area (Å²) in [7, 11) is 0. The number of carbonyl (C=O) groups is 2. The zero-order chi connectivity index (χ0) is 19.8. The maximum atomic E-state index is 11.7. The van der Waals surface area contributed by atoms with Crippen molar-refractivity contribution >= 4 is 17.3 Å². The second-order valence-corrected chi connectivity index (χ2v) is 6.65. The van der Waals surface area contributed by atoms with Crippen LogP contribution < -0.4 is 0 Å². The number of carboxylic acids is 1. The third-order valence-electron chi connectivity index (χ3n) is 4.64. The number of carboxylic acid groups (broad SMARTS) is 1. The van der Waals surface area contributed by atoms with Crippen LogP contribution in [0.4, 0.5) is 0 Å². The Morgan fingerprint density at radius 3 is 2.54 bits per heavy atom. The Hall–Kier alpha value is -3.74.